The summed E-state index contributed by atoms with van der Waals surface area (Å²) in [4.78, 5) is 25.4. The number of urea groups is 1. The molecule has 0 atom stereocenters. The van der Waals surface area contributed by atoms with Gasteiger partial charge in [-0.1, -0.05) is 18.2 Å². The number of hydrogen-bond acceptors (Lipinski definition) is 5. The van der Waals surface area contributed by atoms with E-state index in [1.54, 1.807) is 17.7 Å². The van der Waals surface area contributed by atoms with Crippen LogP contribution in [0.1, 0.15) is 17.4 Å². The smallest absolute Gasteiger partial charge is 0.322 e. The molecule has 3 aromatic rings. The molecule has 0 saturated heterocycles. The lowest BCUT2D eigenvalue weighted by molar-refractivity contribution is 0.207. The molecule has 0 fully saturated rings. The summed E-state index contributed by atoms with van der Waals surface area (Å²) in [5, 5.41) is 7.39. The Kier molecular flexibility index (Phi) is 4.23. The van der Waals surface area contributed by atoms with Crippen molar-refractivity contribution in [2.75, 3.05) is 23.7 Å². The predicted molar refractivity (Wildman–Crippen MR) is 101 cm³/mol. The van der Waals surface area contributed by atoms with E-state index in [1.807, 2.05) is 35.2 Å². The summed E-state index contributed by atoms with van der Waals surface area (Å²) in [6, 6.07) is 9.49. The van der Waals surface area contributed by atoms with Gasteiger partial charge >= 0.3 is 6.03 Å². The van der Waals surface area contributed by atoms with Gasteiger partial charge in [0.2, 0.25) is 0 Å². The lowest BCUT2D eigenvalue weighted by atomic mass is 10.1. The van der Waals surface area contributed by atoms with Crippen molar-refractivity contribution in [1.82, 2.24) is 14.9 Å². The highest BCUT2D eigenvalue weighted by Crippen LogP contribution is 2.37. The van der Waals surface area contributed by atoms with E-state index in [0.29, 0.717) is 13.1 Å². The van der Waals surface area contributed by atoms with Gasteiger partial charge < -0.3 is 15.5 Å². The highest BCUT2D eigenvalue weighted by atomic mass is 32.1. The van der Waals surface area contributed by atoms with Gasteiger partial charge in [-0.15, -0.1) is 11.3 Å². The van der Waals surface area contributed by atoms with Gasteiger partial charge in [-0.3, -0.25) is 0 Å². The maximum atomic E-state index is 12.5. The molecule has 0 aliphatic carbocycles. The maximum absolute atomic E-state index is 12.5. The molecule has 7 heteroatoms. The maximum Gasteiger partial charge on any atom is 0.322 e. The van der Waals surface area contributed by atoms with Crippen molar-refractivity contribution < 1.29 is 4.79 Å². The Balaban J connectivity index is 1.58. The first kappa shape index (κ1) is 15.8. The van der Waals surface area contributed by atoms with E-state index in [-0.39, 0.29) is 6.03 Å². The molecule has 128 valence electrons. The number of nitrogens with one attached hydrogen (secondary N) is 2. The van der Waals surface area contributed by atoms with Crippen LogP contribution >= 0.6 is 11.3 Å². The van der Waals surface area contributed by atoms with Crippen LogP contribution in [0, 0.1) is 0 Å². The summed E-state index contributed by atoms with van der Waals surface area (Å²) in [6.07, 6.45) is 2.42. The first-order valence-corrected chi connectivity index (χ1v) is 9.18. The summed E-state index contributed by atoms with van der Waals surface area (Å²) < 4.78 is 0. The molecule has 0 saturated carbocycles. The molecule has 0 bridgehead atoms. The number of carbonyl (C=O) groups excluding carboxylic acids is 1. The Labute approximate surface area is 149 Å². The lowest BCUT2D eigenvalue weighted by Gasteiger charge is -2.27. The van der Waals surface area contributed by atoms with Crippen LogP contribution in [0.4, 0.5) is 16.3 Å². The molecular weight excluding hydrogens is 334 g/mol. The number of anilines is 2. The molecule has 25 heavy (non-hydrogen) atoms. The second kappa shape index (κ2) is 6.68. The molecule has 1 aliphatic heterocycles. The average molecular weight is 353 g/mol. The number of thiophene rings is 1. The minimum absolute atomic E-state index is 0.0627. The van der Waals surface area contributed by atoms with E-state index in [2.05, 4.69) is 27.5 Å². The van der Waals surface area contributed by atoms with E-state index < -0.39 is 0 Å². The van der Waals surface area contributed by atoms with Crippen LogP contribution in [-0.4, -0.2) is 34.0 Å². The normalized spacial score (nSPS) is 13.6. The molecule has 0 unspecified atom stereocenters. The Morgan fingerprint density at radius 3 is 2.92 bits per heavy atom. The fourth-order valence-electron chi connectivity index (χ4n) is 3.13. The van der Waals surface area contributed by atoms with Crippen molar-refractivity contribution in [2.45, 2.75) is 19.9 Å². The zero-order chi connectivity index (χ0) is 17.2. The number of nitrogens with zero attached hydrogens (tertiary/aromatic N) is 3. The summed E-state index contributed by atoms with van der Waals surface area (Å²) in [6.45, 7) is 4.18. The van der Waals surface area contributed by atoms with Gasteiger partial charge in [-0.2, -0.15) is 0 Å². The molecule has 1 aromatic carbocycles. The number of aromatic nitrogens is 2. The van der Waals surface area contributed by atoms with Crippen LogP contribution in [0.25, 0.3) is 10.2 Å². The second-order valence-corrected chi connectivity index (χ2v) is 6.99. The fraction of sp³-hybridized carbons (Fsp3) is 0.278. The van der Waals surface area contributed by atoms with Gasteiger partial charge in [0.25, 0.3) is 0 Å². The molecule has 3 heterocycles. The van der Waals surface area contributed by atoms with E-state index in [1.165, 1.54) is 10.4 Å². The van der Waals surface area contributed by atoms with Crippen LogP contribution in [-0.2, 0) is 13.0 Å². The van der Waals surface area contributed by atoms with Crippen molar-refractivity contribution in [3.63, 3.8) is 0 Å². The minimum atomic E-state index is -0.0627. The van der Waals surface area contributed by atoms with Gasteiger partial charge in [-0.05, 0) is 31.0 Å². The molecule has 2 N–H and O–H groups in total. The fourth-order valence-corrected chi connectivity index (χ4v) is 4.33. The van der Waals surface area contributed by atoms with Crippen LogP contribution in [0.5, 0.6) is 0 Å². The monoisotopic (exact) mass is 353 g/mol. The van der Waals surface area contributed by atoms with Crippen molar-refractivity contribution >= 4 is 39.1 Å². The second-order valence-electron chi connectivity index (χ2n) is 5.90. The van der Waals surface area contributed by atoms with Crippen LogP contribution in [0.15, 0.2) is 36.7 Å². The molecule has 6 nitrogen and oxygen atoms in total. The van der Waals surface area contributed by atoms with Crippen LogP contribution < -0.4 is 10.6 Å². The van der Waals surface area contributed by atoms with E-state index >= 15 is 0 Å². The van der Waals surface area contributed by atoms with Gasteiger partial charge in [-0.25, -0.2) is 14.8 Å². The first-order chi connectivity index (χ1) is 12.3. The highest BCUT2D eigenvalue weighted by Gasteiger charge is 2.26. The highest BCUT2D eigenvalue weighted by molar-refractivity contribution is 7.19. The van der Waals surface area contributed by atoms with Crippen molar-refractivity contribution in [2.24, 2.45) is 0 Å². The predicted octanol–water partition coefficient (Wildman–Crippen LogP) is 3.71. The van der Waals surface area contributed by atoms with E-state index in [9.17, 15) is 4.79 Å². The molecule has 1 aliphatic rings. The van der Waals surface area contributed by atoms with Crippen LogP contribution in [0.2, 0.25) is 0 Å². The largest absolute Gasteiger partial charge is 0.370 e. The van der Waals surface area contributed by atoms with Crippen molar-refractivity contribution in [3.8, 4) is 0 Å². The Bertz CT molecular complexity index is 908. The molecule has 0 radical (unpaired) electrons. The van der Waals surface area contributed by atoms with Gasteiger partial charge in [0, 0.05) is 23.7 Å². The third kappa shape index (κ3) is 3.02. The Hall–Kier alpha value is -2.67. The minimum Gasteiger partial charge on any atom is -0.370 e. The van der Waals surface area contributed by atoms with Gasteiger partial charge in [0.15, 0.2) is 0 Å². The van der Waals surface area contributed by atoms with Crippen molar-refractivity contribution in [3.05, 3.63) is 47.1 Å². The van der Waals surface area contributed by atoms with Gasteiger partial charge in [0.05, 0.1) is 11.9 Å². The molecule has 2 aromatic heterocycles. The van der Waals surface area contributed by atoms with Crippen LogP contribution in [0.3, 0.4) is 0 Å². The number of carbonyl (C=O) groups is 1. The quantitative estimate of drug-likeness (QED) is 0.753. The number of fused-ring (bicyclic) bond motifs is 3. The first-order valence-electron chi connectivity index (χ1n) is 8.36. The standard InChI is InChI=1S/C18H19N5OS/c1-2-19-16-15-13-8-9-23(10-14(13)25-17(15)21-11-20-16)18(24)22-12-6-4-3-5-7-12/h3-7,11H,2,8-10H2,1H3,(H,22,24)(H,19,20,21). The third-order valence-corrected chi connectivity index (χ3v) is 5.42. The number of para-hydroxylation sites is 1. The lowest BCUT2D eigenvalue weighted by Crippen LogP contribution is -2.38. The summed E-state index contributed by atoms with van der Waals surface area (Å²) in [7, 11) is 0. The number of hydrogen-bond donors (Lipinski definition) is 2. The average Bonchev–Trinajstić information content (AvgIpc) is 3.01. The van der Waals surface area contributed by atoms with Gasteiger partial charge in [0.1, 0.15) is 17.0 Å². The Morgan fingerprint density at radius 2 is 2.12 bits per heavy atom. The third-order valence-electron chi connectivity index (χ3n) is 4.29. The summed E-state index contributed by atoms with van der Waals surface area (Å²) in [5.74, 6) is 0.896. The number of amides is 2. The van der Waals surface area contributed by atoms with E-state index in [4.69, 9.17) is 0 Å². The zero-order valence-electron chi connectivity index (χ0n) is 14.0. The molecular formula is C18H19N5OS. The Morgan fingerprint density at radius 1 is 1.28 bits per heavy atom. The van der Waals surface area contributed by atoms with E-state index in [0.717, 1.165) is 34.7 Å². The molecule has 4 rings (SSSR count). The number of benzene rings is 1. The summed E-state index contributed by atoms with van der Waals surface area (Å²) >= 11 is 1.65. The molecule has 0 spiro atoms. The van der Waals surface area contributed by atoms with Crippen molar-refractivity contribution in [1.29, 1.82) is 0 Å². The summed E-state index contributed by atoms with van der Waals surface area (Å²) in [5.41, 5.74) is 2.09. The zero-order valence-corrected chi connectivity index (χ0v) is 14.8. The SMILES string of the molecule is CCNc1ncnc2sc3c(c12)CCN(C(=O)Nc1ccccc1)C3. The topological polar surface area (TPSA) is 70.2 Å². The molecule has 2 amide bonds. The number of rotatable bonds is 3.